The summed E-state index contributed by atoms with van der Waals surface area (Å²) in [7, 11) is 0. The highest BCUT2D eigenvalue weighted by atomic mass is 35.5. The van der Waals surface area contributed by atoms with Gasteiger partial charge >= 0.3 is 0 Å². The van der Waals surface area contributed by atoms with E-state index < -0.39 is 0 Å². The molecule has 1 unspecified atom stereocenters. The largest absolute Gasteiger partial charge is 0.414 e. The van der Waals surface area contributed by atoms with Gasteiger partial charge in [-0.25, -0.2) is 0 Å². The molecule has 0 fully saturated rings. The summed E-state index contributed by atoms with van der Waals surface area (Å²) in [6.45, 7) is 5.80. The van der Waals surface area contributed by atoms with E-state index in [1.807, 2.05) is 20.8 Å². The van der Waals surface area contributed by atoms with Crippen molar-refractivity contribution in [3.8, 4) is 0 Å². The molecule has 0 aliphatic heterocycles. The van der Waals surface area contributed by atoms with Crippen LogP contribution in [0.25, 0.3) is 0 Å². The number of nitrogens with two attached hydrogens (primary N) is 1. The lowest BCUT2D eigenvalue weighted by atomic mass is 10.1. The smallest absolute Gasteiger partial charge is 0.277 e. The Morgan fingerprint density at radius 3 is 2.87 bits per heavy atom. The SMILES string of the molecule is Cc1c(Cl)cccc1NC(=O)CSc1nnc(C(N)C(C)C)o1. The Balaban J connectivity index is 1.91. The molecule has 0 aliphatic carbocycles. The number of benzene rings is 1. The van der Waals surface area contributed by atoms with Crippen LogP contribution in [0.15, 0.2) is 27.8 Å². The average molecular weight is 355 g/mol. The molecule has 0 aliphatic rings. The number of anilines is 1. The molecule has 3 N–H and O–H groups in total. The van der Waals surface area contributed by atoms with Crippen molar-refractivity contribution in [3.63, 3.8) is 0 Å². The van der Waals surface area contributed by atoms with Gasteiger partial charge in [-0.05, 0) is 30.5 Å². The number of halogens is 1. The van der Waals surface area contributed by atoms with Crippen LogP contribution in [0.3, 0.4) is 0 Å². The fourth-order valence-electron chi connectivity index (χ4n) is 1.76. The topological polar surface area (TPSA) is 94.0 Å². The molecular weight excluding hydrogens is 336 g/mol. The summed E-state index contributed by atoms with van der Waals surface area (Å²) in [6, 6.07) is 5.06. The number of carbonyl (C=O) groups excluding carboxylic acids is 1. The van der Waals surface area contributed by atoms with Crippen LogP contribution in [0.2, 0.25) is 5.02 Å². The van der Waals surface area contributed by atoms with E-state index >= 15 is 0 Å². The Labute approximate surface area is 144 Å². The van der Waals surface area contributed by atoms with Gasteiger partial charge in [0.1, 0.15) is 0 Å². The van der Waals surface area contributed by atoms with Crippen molar-refractivity contribution in [2.75, 3.05) is 11.1 Å². The minimum atomic E-state index is -0.306. The van der Waals surface area contributed by atoms with Crippen molar-refractivity contribution >= 4 is 35.0 Å². The summed E-state index contributed by atoms with van der Waals surface area (Å²) < 4.78 is 5.46. The number of aromatic nitrogens is 2. The van der Waals surface area contributed by atoms with Gasteiger partial charge in [-0.2, -0.15) is 0 Å². The van der Waals surface area contributed by atoms with Crippen LogP contribution >= 0.6 is 23.4 Å². The first-order valence-electron chi connectivity index (χ1n) is 7.15. The molecule has 0 spiro atoms. The first-order valence-corrected chi connectivity index (χ1v) is 8.51. The van der Waals surface area contributed by atoms with E-state index in [4.69, 9.17) is 21.8 Å². The van der Waals surface area contributed by atoms with E-state index in [0.29, 0.717) is 21.8 Å². The third-order valence-electron chi connectivity index (χ3n) is 3.29. The van der Waals surface area contributed by atoms with Gasteiger partial charge in [0.2, 0.25) is 11.8 Å². The first kappa shape index (κ1) is 17.8. The second-order valence-electron chi connectivity index (χ2n) is 5.43. The third-order valence-corrected chi connectivity index (χ3v) is 4.52. The van der Waals surface area contributed by atoms with Gasteiger partial charge in [0.05, 0.1) is 11.8 Å². The van der Waals surface area contributed by atoms with Gasteiger partial charge in [-0.15, -0.1) is 10.2 Å². The first-order chi connectivity index (χ1) is 10.9. The molecule has 6 nitrogen and oxygen atoms in total. The molecule has 0 saturated carbocycles. The highest BCUT2D eigenvalue weighted by Crippen LogP contribution is 2.25. The molecule has 1 atom stereocenters. The maximum atomic E-state index is 12.0. The molecule has 1 amide bonds. The third kappa shape index (κ3) is 4.70. The molecule has 1 aromatic carbocycles. The van der Waals surface area contributed by atoms with Crippen LogP contribution in [0, 0.1) is 12.8 Å². The minimum absolute atomic E-state index is 0.157. The van der Waals surface area contributed by atoms with E-state index in [-0.39, 0.29) is 23.6 Å². The molecule has 23 heavy (non-hydrogen) atoms. The normalized spacial score (nSPS) is 12.4. The maximum absolute atomic E-state index is 12.0. The molecule has 0 radical (unpaired) electrons. The quantitative estimate of drug-likeness (QED) is 0.772. The summed E-state index contributed by atoms with van der Waals surface area (Å²) >= 11 is 7.19. The minimum Gasteiger partial charge on any atom is -0.414 e. The van der Waals surface area contributed by atoms with Gasteiger partial charge in [0.15, 0.2) is 0 Å². The van der Waals surface area contributed by atoms with Crippen molar-refractivity contribution in [3.05, 3.63) is 34.7 Å². The molecule has 0 saturated heterocycles. The van der Waals surface area contributed by atoms with Gasteiger partial charge in [-0.3, -0.25) is 4.79 Å². The highest BCUT2D eigenvalue weighted by Gasteiger charge is 2.18. The fourth-order valence-corrected chi connectivity index (χ4v) is 2.50. The van der Waals surface area contributed by atoms with Crippen molar-refractivity contribution in [2.24, 2.45) is 11.7 Å². The molecular formula is C15H19ClN4O2S. The molecule has 8 heteroatoms. The van der Waals surface area contributed by atoms with Crippen molar-refractivity contribution in [1.29, 1.82) is 0 Å². The predicted octanol–water partition coefficient (Wildman–Crippen LogP) is 3.42. The van der Waals surface area contributed by atoms with Gasteiger partial charge in [0.25, 0.3) is 5.22 Å². The summed E-state index contributed by atoms with van der Waals surface area (Å²) in [5.41, 5.74) is 7.46. The van der Waals surface area contributed by atoms with Gasteiger partial charge < -0.3 is 15.5 Å². The van der Waals surface area contributed by atoms with E-state index in [9.17, 15) is 4.79 Å². The number of thioether (sulfide) groups is 1. The fraction of sp³-hybridized carbons (Fsp3) is 0.400. The number of hydrogen-bond donors (Lipinski definition) is 2. The molecule has 1 aromatic heterocycles. The van der Waals surface area contributed by atoms with Crippen LogP contribution in [0.1, 0.15) is 31.3 Å². The van der Waals surface area contributed by atoms with Crippen LogP contribution in [0.4, 0.5) is 5.69 Å². The lowest BCUT2D eigenvalue weighted by Gasteiger charge is -2.09. The van der Waals surface area contributed by atoms with Crippen molar-refractivity contribution in [2.45, 2.75) is 32.0 Å². The molecule has 2 aromatic rings. The van der Waals surface area contributed by atoms with Crippen LogP contribution in [-0.4, -0.2) is 21.9 Å². The maximum Gasteiger partial charge on any atom is 0.277 e. The molecule has 0 bridgehead atoms. The van der Waals surface area contributed by atoms with Gasteiger partial charge in [0, 0.05) is 10.7 Å². The zero-order valence-electron chi connectivity index (χ0n) is 13.2. The number of hydrogen-bond acceptors (Lipinski definition) is 6. The number of rotatable bonds is 6. The van der Waals surface area contributed by atoms with Crippen molar-refractivity contribution in [1.82, 2.24) is 10.2 Å². The number of nitrogens with one attached hydrogen (secondary N) is 1. The molecule has 124 valence electrons. The average Bonchev–Trinajstić information content (AvgIpc) is 2.98. The number of nitrogens with zero attached hydrogens (tertiary/aromatic N) is 2. The number of carbonyl (C=O) groups is 1. The van der Waals surface area contributed by atoms with Crippen LogP contribution < -0.4 is 11.1 Å². The van der Waals surface area contributed by atoms with Crippen LogP contribution in [0.5, 0.6) is 0 Å². The molecule has 2 rings (SSSR count). The van der Waals surface area contributed by atoms with Crippen molar-refractivity contribution < 1.29 is 9.21 Å². The second-order valence-corrected chi connectivity index (χ2v) is 6.76. The second kappa shape index (κ2) is 7.81. The van der Waals surface area contributed by atoms with E-state index in [1.54, 1.807) is 18.2 Å². The Morgan fingerprint density at radius 1 is 1.43 bits per heavy atom. The summed E-state index contributed by atoms with van der Waals surface area (Å²) in [6.07, 6.45) is 0. The highest BCUT2D eigenvalue weighted by molar-refractivity contribution is 7.99. The molecule has 1 heterocycles. The summed E-state index contributed by atoms with van der Waals surface area (Å²) in [4.78, 5) is 12.0. The lowest BCUT2D eigenvalue weighted by molar-refractivity contribution is -0.113. The zero-order valence-corrected chi connectivity index (χ0v) is 14.7. The summed E-state index contributed by atoms with van der Waals surface area (Å²) in [5, 5.41) is 11.6. The zero-order chi connectivity index (χ0) is 17.0. The van der Waals surface area contributed by atoms with E-state index in [1.165, 1.54) is 11.8 Å². The van der Waals surface area contributed by atoms with Crippen LogP contribution in [-0.2, 0) is 4.79 Å². The Morgan fingerprint density at radius 2 is 2.17 bits per heavy atom. The van der Waals surface area contributed by atoms with E-state index in [0.717, 1.165) is 5.56 Å². The Hall–Kier alpha value is -1.57. The van der Waals surface area contributed by atoms with E-state index in [2.05, 4.69) is 15.5 Å². The standard InChI is InChI=1S/C15H19ClN4O2S/c1-8(2)13(17)14-19-20-15(22-14)23-7-12(21)18-11-6-4-5-10(16)9(11)3/h4-6,8,13H,7,17H2,1-3H3,(H,18,21). The Kier molecular flexibility index (Phi) is 6.04. The number of amides is 1. The summed E-state index contributed by atoms with van der Waals surface area (Å²) in [5.74, 6) is 0.564. The monoisotopic (exact) mass is 354 g/mol. The Bertz CT molecular complexity index is 690. The van der Waals surface area contributed by atoms with Gasteiger partial charge in [-0.1, -0.05) is 43.3 Å². The lowest BCUT2D eigenvalue weighted by Crippen LogP contribution is -2.16. The predicted molar refractivity (Wildman–Crippen MR) is 91.6 cm³/mol.